The lowest BCUT2D eigenvalue weighted by atomic mass is 9.84. The third kappa shape index (κ3) is 8.14. The highest BCUT2D eigenvalue weighted by Gasteiger charge is 2.41. The number of benzene rings is 2. The maximum Gasteiger partial charge on any atom is 0.305 e. The molecule has 6 nitrogen and oxygen atoms in total. The van der Waals surface area contributed by atoms with E-state index in [0.29, 0.717) is 19.4 Å². The van der Waals surface area contributed by atoms with Gasteiger partial charge in [0.1, 0.15) is 12.7 Å². The van der Waals surface area contributed by atoms with Gasteiger partial charge in [-0.1, -0.05) is 66.7 Å². The zero-order valence-corrected chi connectivity index (χ0v) is 22.7. The summed E-state index contributed by atoms with van der Waals surface area (Å²) in [5.74, 6) is -0.0724. The average molecular weight is 542 g/mol. The predicted molar refractivity (Wildman–Crippen MR) is 149 cm³/mol. The highest BCUT2D eigenvalue weighted by molar-refractivity contribution is 6.21. The summed E-state index contributed by atoms with van der Waals surface area (Å²) >= 11 is 6.66. The van der Waals surface area contributed by atoms with E-state index in [1.165, 1.54) is 0 Å². The van der Waals surface area contributed by atoms with E-state index >= 15 is 0 Å². The van der Waals surface area contributed by atoms with Gasteiger partial charge in [-0.05, 0) is 48.3 Å². The van der Waals surface area contributed by atoms with Crippen LogP contribution in [0.4, 0.5) is 0 Å². The normalized spacial score (nSPS) is 25.0. The van der Waals surface area contributed by atoms with E-state index in [2.05, 4.69) is 17.1 Å². The molecule has 1 aliphatic heterocycles. The first kappa shape index (κ1) is 28.8. The number of morpholine rings is 1. The molecule has 1 saturated heterocycles. The first-order valence-electron chi connectivity index (χ1n) is 13.8. The predicted octanol–water partition coefficient (Wildman–Crippen LogP) is 4.83. The number of halogens is 1. The van der Waals surface area contributed by atoms with E-state index in [-0.39, 0.29) is 23.2 Å². The number of aliphatic hydroxyl groups excluding tert-OH is 2. The van der Waals surface area contributed by atoms with Crippen molar-refractivity contribution in [2.24, 2.45) is 5.92 Å². The molecule has 0 aromatic heterocycles. The molecule has 1 saturated carbocycles. The number of hydrogen-bond acceptors (Lipinski definition) is 6. The Morgan fingerprint density at radius 1 is 1.08 bits per heavy atom. The molecule has 1 heterocycles. The molecule has 2 aromatic carbocycles. The summed E-state index contributed by atoms with van der Waals surface area (Å²) < 4.78 is 10.7. The van der Waals surface area contributed by atoms with Crippen LogP contribution < -0.4 is 0 Å². The summed E-state index contributed by atoms with van der Waals surface area (Å²) in [6.45, 7) is 4.48. The van der Waals surface area contributed by atoms with E-state index < -0.39 is 12.2 Å². The molecule has 2 fully saturated rings. The zero-order valence-electron chi connectivity index (χ0n) is 22.0. The van der Waals surface area contributed by atoms with Crippen LogP contribution >= 0.6 is 11.6 Å². The number of rotatable bonds is 12. The maximum absolute atomic E-state index is 12.0. The molecule has 1 unspecified atom stereocenters. The highest BCUT2D eigenvalue weighted by Crippen LogP contribution is 2.45. The Kier molecular flexibility index (Phi) is 11.2. The number of carbonyl (C=O) groups excluding carboxylic acids is 1. The number of nitrogens with zero attached hydrogens (tertiary/aromatic N) is 1. The van der Waals surface area contributed by atoms with Crippen molar-refractivity contribution >= 4 is 17.6 Å². The Labute approximate surface area is 231 Å². The molecule has 7 heteroatoms. The van der Waals surface area contributed by atoms with Gasteiger partial charge in [-0.3, -0.25) is 9.69 Å². The number of alkyl halides is 1. The van der Waals surface area contributed by atoms with Crippen LogP contribution in [0.25, 0.3) is 0 Å². The van der Waals surface area contributed by atoms with Gasteiger partial charge >= 0.3 is 5.97 Å². The topological polar surface area (TPSA) is 79.2 Å². The van der Waals surface area contributed by atoms with E-state index in [1.807, 2.05) is 54.6 Å². The van der Waals surface area contributed by atoms with Crippen LogP contribution in [-0.2, 0) is 14.3 Å². The van der Waals surface area contributed by atoms with Gasteiger partial charge in [0.05, 0.1) is 19.3 Å². The molecule has 4 rings (SSSR count). The van der Waals surface area contributed by atoms with Gasteiger partial charge in [0.25, 0.3) is 0 Å². The molecule has 2 N–H and O–H groups in total. The molecular formula is C31H40ClNO5. The summed E-state index contributed by atoms with van der Waals surface area (Å²) in [7, 11) is 0. The summed E-state index contributed by atoms with van der Waals surface area (Å²) in [6.07, 6.45) is 6.36. The number of allylic oxidation sites excluding steroid dienone is 2. The van der Waals surface area contributed by atoms with E-state index in [1.54, 1.807) is 0 Å². The van der Waals surface area contributed by atoms with Crippen molar-refractivity contribution in [2.45, 2.75) is 55.6 Å². The molecule has 0 spiro atoms. The minimum Gasteiger partial charge on any atom is -0.464 e. The number of ether oxygens (including phenoxy) is 2. The molecule has 206 valence electrons. The lowest BCUT2D eigenvalue weighted by Crippen LogP contribution is -2.38. The Morgan fingerprint density at radius 3 is 2.53 bits per heavy atom. The van der Waals surface area contributed by atoms with Crippen molar-refractivity contribution in [2.75, 3.05) is 39.5 Å². The van der Waals surface area contributed by atoms with Crippen LogP contribution in [0.5, 0.6) is 0 Å². The van der Waals surface area contributed by atoms with Crippen LogP contribution in [0.15, 0.2) is 66.7 Å². The summed E-state index contributed by atoms with van der Waals surface area (Å²) in [6, 6.07) is 17.5. The monoisotopic (exact) mass is 541 g/mol. The third-order valence-corrected chi connectivity index (χ3v) is 8.16. The lowest BCUT2D eigenvalue weighted by molar-refractivity contribution is -0.144. The molecule has 2 aliphatic rings. The van der Waals surface area contributed by atoms with E-state index in [9.17, 15) is 15.0 Å². The average Bonchev–Trinajstić information content (AvgIpc) is 3.23. The van der Waals surface area contributed by atoms with Crippen LogP contribution in [-0.4, -0.2) is 72.0 Å². The molecular weight excluding hydrogens is 502 g/mol. The third-order valence-electron chi connectivity index (χ3n) is 7.66. The fourth-order valence-electron chi connectivity index (χ4n) is 5.48. The van der Waals surface area contributed by atoms with Gasteiger partial charge in [-0.25, -0.2) is 0 Å². The molecule has 38 heavy (non-hydrogen) atoms. The lowest BCUT2D eigenvalue weighted by Gasteiger charge is -2.26. The van der Waals surface area contributed by atoms with Gasteiger partial charge < -0.3 is 19.7 Å². The minimum atomic E-state index is -0.680. The standard InChI is InChI=1S/C31H40ClNO5/c32-27-22-28(34)30(23-12-14-25(15-13-23)31(36)24-8-4-3-5-9-24)26(27)10-6-1-2-7-11-29(35)38-21-18-33-16-19-37-20-17-33/h1,3-6,8-9,12-15,26-28,30-31,34,36H,2,7,10-11,16-22H2/b6-1-/t26-,27+,28+,30+,31?/m0/s1. The zero-order chi connectivity index (χ0) is 26.7. The van der Waals surface area contributed by atoms with Crippen molar-refractivity contribution in [1.82, 2.24) is 4.90 Å². The number of aliphatic hydroxyl groups is 2. The van der Waals surface area contributed by atoms with Crippen molar-refractivity contribution in [3.8, 4) is 0 Å². The summed E-state index contributed by atoms with van der Waals surface area (Å²) in [5.41, 5.74) is 2.72. The van der Waals surface area contributed by atoms with Gasteiger partial charge in [-0.2, -0.15) is 0 Å². The number of carbonyl (C=O) groups is 1. The Hall–Kier alpha value is -2.22. The smallest absolute Gasteiger partial charge is 0.305 e. The fourth-order valence-corrected chi connectivity index (χ4v) is 5.92. The molecule has 1 aliphatic carbocycles. The second-order valence-electron chi connectivity index (χ2n) is 10.3. The van der Waals surface area contributed by atoms with Crippen molar-refractivity contribution in [3.05, 3.63) is 83.4 Å². The second-order valence-corrected chi connectivity index (χ2v) is 10.8. The van der Waals surface area contributed by atoms with Crippen molar-refractivity contribution in [1.29, 1.82) is 0 Å². The van der Waals surface area contributed by atoms with Gasteiger partial charge in [0, 0.05) is 37.4 Å². The maximum atomic E-state index is 12.0. The van der Waals surface area contributed by atoms with Crippen molar-refractivity contribution in [3.63, 3.8) is 0 Å². The SMILES string of the molecule is O=C(CCC/C=C\C[C@@H]1[C@@H](c2ccc(C(O)c3ccccc3)cc2)[C@H](O)C[C@H]1Cl)OCCN1CCOCC1. The van der Waals surface area contributed by atoms with Gasteiger partial charge in [0.2, 0.25) is 0 Å². The van der Waals surface area contributed by atoms with E-state index in [0.717, 1.165) is 68.8 Å². The number of hydrogen-bond donors (Lipinski definition) is 2. The number of unbranched alkanes of at least 4 members (excludes halogenated alkanes) is 1. The van der Waals surface area contributed by atoms with Crippen LogP contribution in [0.2, 0.25) is 0 Å². The largest absolute Gasteiger partial charge is 0.464 e. The van der Waals surface area contributed by atoms with Crippen LogP contribution in [0.1, 0.15) is 60.8 Å². The molecule has 5 atom stereocenters. The second kappa shape index (κ2) is 14.8. The summed E-state index contributed by atoms with van der Waals surface area (Å²) in [4.78, 5) is 14.3. The van der Waals surface area contributed by atoms with Crippen molar-refractivity contribution < 1.29 is 24.5 Å². The highest BCUT2D eigenvalue weighted by atomic mass is 35.5. The summed E-state index contributed by atoms with van der Waals surface area (Å²) in [5, 5.41) is 21.4. The van der Waals surface area contributed by atoms with E-state index in [4.69, 9.17) is 21.1 Å². The van der Waals surface area contributed by atoms with Gasteiger partial charge in [0.15, 0.2) is 0 Å². The Morgan fingerprint density at radius 2 is 1.79 bits per heavy atom. The Bertz CT molecular complexity index is 1010. The molecule has 0 amide bonds. The Balaban J connectivity index is 1.21. The van der Waals surface area contributed by atoms with Gasteiger partial charge in [-0.15, -0.1) is 11.6 Å². The quantitative estimate of drug-likeness (QED) is 0.173. The van der Waals surface area contributed by atoms with Crippen LogP contribution in [0, 0.1) is 5.92 Å². The number of esters is 1. The molecule has 0 bridgehead atoms. The van der Waals surface area contributed by atoms with Crippen LogP contribution in [0.3, 0.4) is 0 Å². The minimum absolute atomic E-state index is 0.0495. The molecule has 0 radical (unpaired) electrons. The first-order valence-corrected chi connectivity index (χ1v) is 14.2. The fraction of sp³-hybridized carbons (Fsp3) is 0.516. The first-order chi connectivity index (χ1) is 18.5. The molecule has 2 aromatic rings.